The molecule has 8 heteroatoms. The second-order valence-electron chi connectivity index (χ2n) is 5.91. The molecule has 6 nitrogen and oxygen atoms in total. The SMILES string of the molecule is CC(c1ccc(F)c(F)c1)N(C)Cc1nc2ccc([N+](=O)[O-])cc2[nH]1. The summed E-state index contributed by atoms with van der Waals surface area (Å²) in [5.41, 5.74) is 1.85. The number of rotatable bonds is 5. The number of hydrogen-bond acceptors (Lipinski definition) is 4. The summed E-state index contributed by atoms with van der Waals surface area (Å²) in [5, 5.41) is 10.8. The summed E-state index contributed by atoms with van der Waals surface area (Å²) >= 11 is 0. The topological polar surface area (TPSA) is 75.1 Å². The summed E-state index contributed by atoms with van der Waals surface area (Å²) in [6.45, 7) is 2.29. The third kappa shape index (κ3) is 3.48. The summed E-state index contributed by atoms with van der Waals surface area (Å²) in [4.78, 5) is 19.8. The number of benzene rings is 2. The van der Waals surface area contributed by atoms with Crippen molar-refractivity contribution in [3.63, 3.8) is 0 Å². The number of imidazole rings is 1. The lowest BCUT2D eigenvalue weighted by atomic mass is 10.1. The van der Waals surface area contributed by atoms with Crippen molar-refractivity contribution in [1.29, 1.82) is 0 Å². The Hall–Kier alpha value is -2.87. The van der Waals surface area contributed by atoms with E-state index in [0.29, 0.717) is 29.0 Å². The molecule has 1 heterocycles. The highest BCUT2D eigenvalue weighted by atomic mass is 19.2. The highest BCUT2D eigenvalue weighted by molar-refractivity contribution is 5.77. The van der Waals surface area contributed by atoms with Crippen LogP contribution in [-0.4, -0.2) is 26.8 Å². The fourth-order valence-electron chi connectivity index (χ4n) is 2.64. The zero-order valence-corrected chi connectivity index (χ0v) is 13.7. The molecule has 0 aliphatic carbocycles. The zero-order valence-electron chi connectivity index (χ0n) is 13.7. The van der Waals surface area contributed by atoms with Gasteiger partial charge in [-0.2, -0.15) is 0 Å². The molecule has 0 saturated carbocycles. The average molecular weight is 346 g/mol. The van der Waals surface area contributed by atoms with Crippen LogP contribution >= 0.6 is 0 Å². The van der Waals surface area contributed by atoms with Gasteiger partial charge >= 0.3 is 0 Å². The summed E-state index contributed by atoms with van der Waals surface area (Å²) in [6, 6.07) is 8.09. The predicted molar refractivity (Wildman–Crippen MR) is 89.0 cm³/mol. The zero-order chi connectivity index (χ0) is 18.1. The van der Waals surface area contributed by atoms with E-state index in [1.807, 2.05) is 18.9 Å². The lowest BCUT2D eigenvalue weighted by Gasteiger charge is -2.24. The van der Waals surface area contributed by atoms with Crippen LogP contribution in [-0.2, 0) is 6.54 Å². The molecule has 0 aliphatic heterocycles. The number of nitro groups is 1. The second kappa shape index (κ2) is 6.56. The standard InChI is InChI=1S/C17H16F2N4O2/c1-10(11-3-5-13(18)14(19)7-11)22(2)9-17-20-15-6-4-12(23(24)25)8-16(15)21-17/h3-8,10H,9H2,1-2H3,(H,20,21). The Bertz CT molecular complexity index is 942. The minimum absolute atomic E-state index is 0.00814. The van der Waals surface area contributed by atoms with E-state index < -0.39 is 16.6 Å². The number of non-ortho nitro benzene ring substituents is 1. The normalized spacial score (nSPS) is 12.7. The van der Waals surface area contributed by atoms with Crippen LogP contribution < -0.4 is 0 Å². The third-order valence-corrected chi connectivity index (χ3v) is 4.21. The first-order valence-corrected chi connectivity index (χ1v) is 7.63. The van der Waals surface area contributed by atoms with E-state index >= 15 is 0 Å². The molecule has 0 radical (unpaired) electrons. The first-order valence-electron chi connectivity index (χ1n) is 7.63. The van der Waals surface area contributed by atoms with Gasteiger partial charge in [-0.1, -0.05) is 6.07 Å². The van der Waals surface area contributed by atoms with Crippen LogP contribution in [0.4, 0.5) is 14.5 Å². The van der Waals surface area contributed by atoms with Crippen LogP contribution in [0, 0.1) is 21.7 Å². The number of nitro benzene ring substituents is 1. The number of nitrogens with zero attached hydrogens (tertiary/aromatic N) is 3. The largest absolute Gasteiger partial charge is 0.341 e. The smallest absolute Gasteiger partial charge is 0.271 e. The molecule has 3 aromatic rings. The monoisotopic (exact) mass is 346 g/mol. The maximum absolute atomic E-state index is 13.4. The van der Waals surface area contributed by atoms with Gasteiger partial charge in [-0.05, 0) is 37.7 Å². The first-order chi connectivity index (χ1) is 11.8. The lowest BCUT2D eigenvalue weighted by Crippen LogP contribution is -2.22. The van der Waals surface area contributed by atoms with Crippen molar-refractivity contribution in [2.24, 2.45) is 0 Å². The molecule has 0 fully saturated rings. The van der Waals surface area contributed by atoms with Gasteiger partial charge in [-0.3, -0.25) is 15.0 Å². The molecule has 0 aliphatic rings. The predicted octanol–water partition coefficient (Wildman–Crippen LogP) is 3.94. The van der Waals surface area contributed by atoms with Crippen LogP contribution in [0.3, 0.4) is 0 Å². The number of halogens is 2. The van der Waals surface area contributed by atoms with E-state index in [4.69, 9.17) is 0 Å². The van der Waals surface area contributed by atoms with Crippen molar-refractivity contribution in [1.82, 2.24) is 14.9 Å². The van der Waals surface area contributed by atoms with E-state index in [-0.39, 0.29) is 11.7 Å². The average Bonchev–Trinajstić information content (AvgIpc) is 2.97. The highest BCUT2D eigenvalue weighted by Crippen LogP contribution is 2.23. The molecular weight excluding hydrogens is 330 g/mol. The maximum atomic E-state index is 13.4. The van der Waals surface area contributed by atoms with Gasteiger partial charge in [0.2, 0.25) is 0 Å². The lowest BCUT2D eigenvalue weighted by molar-refractivity contribution is -0.384. The molecule has 0 bridgehead atoms. The van der Waals surface area contributed by atoms with Gasteiger partial charge in [-0.15, -0.1) is 0 Å². The van der Waals surface area contributed by atoms with Crippen molar-refractivity contribution < 1.29 is 13.7 Å². The molecule has 130 valence electrons. The van der Waals surface area contributed by atoms with E-state index in [1.165, 1.54) is 18.2 Å². The molecule has 1 atom stereocenters. The van der Waals surface area contributed by atoms with Crippen LogP contribution in [0.25, 0.3) is 11.0 Å². The Morgan fingerprint density at radius 2 is 2.00 bits per heavy atom. The molecule has 0 amide bonds. The van der Waals surface area contributed by atoms with Gasteiger partial charge in [0.05, 0.1) is 22.5 Å². The highest BCUT2D eigenvalue weighted by Gasteiger charge is 2.16. The van der Waals surface area contributed by atoms with Crippen molar-refractivity contribution in [3.05, 3.63) is 69.5 Å². The molecule has 0 saturated heterocycles. The number of aromatic amines is 1. The van der Waals surface area contributed by atoms with Gasteiger partial charge in [0.25, 0.3) is 5.69 Å². The van der Waals surface area contributed by atoms with Crippen molar-refractivity contribution in [3.8, 4) is 0 Å². The minimum Gasteiger partial charge on any atom is -0.341 e. The second-order valence-corrected chi connectivity index (χ2v) is 5.91. The Labute approximate surface area is 142 Å². The van der Waals surface area contributed by atoms with Crippen LogP contribution in [0.2, 0.25) is 0 Å². The Morgan fingerprint density at radius 1 is 1.24 bits per heavy atom. The van der Waals surface area contributed by atoms with Gasteiger partial charge in [0, 0.05) is 18.2 Å². The fourth-order valence-corrected chi connectivity index (χ4v) is 2.64. The molecule has 3 rings (SSSR count). The van der Waals surface area contributed by atoms with Gasteiger partial charge in [0.1, 0.15) is 5.82 Å². The Balaban J connectivity index is 1.79. The van der Waals surface area contributed by atoms with Crippen molar-refractivity contribution >= 4 is 16.7 Å². The van der Waals surface area contributed by atoms with Gasteiger partial charge in [-0.25, -0.2) is 13.8 Å². The third-order valence-electron chi connectivity index (χ3n) is 4.21. The van der Waals surface area contributed by atoms with Crippen molar-refractivity contribution in [2.75, 3.05) is 7.05 Å². The summed E-state index contributed by atoms with van der Waals surface area (Å²) in [7, 11) is 1.83. The van der Waals surface area contributed by atoms with E-state index in [1.54, 1.807) is 12.1 Å². The quantitative estimate of drug-likeness (QED) is 0.561. The number of fused-ring (bicyclic) bond motifs is 1. The molecule has 1 N–H and O–H groups in total. The fraction of sp³-hybridized carbons (Fsp3) is 0.235. The molecular formula is C17H16F2N4O2. The van der Waals surface area contributed by atoms with E-state index in [0.717, 1.165) is 6.07 Å². The Morgan fingerprint density at radius 3 is 2.68 bits per heavy atom. The maximum Gasteiger partial charge on any atom is 0.271 e. The summed E-state index contributed by atoms with van der Waals surface area (Å²) in [6.07, 6.45) is 0. The van der Waals surface area contributed by atoms with Crippen molar-refractivity contribution in [2.45, 2.75) is 19.5 Å². The van der Waals surface area contributed by atoms with E-state index in [9.17, 15) is 18.9 Å². The number of nitrogens with one attached hydrogen (secondary N) is 1. The Kier molecular flexibility index (Phi) is 4.45. The van der Waals surface area contributed by atoms with Crippen LogP contribution in [0.1, 0.15) is 24.4 Å². The molecule has 2 aromatic carbocycles. The van der Waals surface area contributed by atoms with Crippen LogP contribution in [0.5, 0.6) is 0 Å². The molecule has 0 spiro atoms. The van der Waals surface area contributed by atoms with E-state index in [2.05, 4.69) is 9.97 Å². The van der Waals surface area contributed by atoms with Gasteiger partial charge in [0.15, 0.2) is 11.6 Å². The molecule has 1 aromatic heterocycles. The van der Waals surface area contributed by atoms with Crippen LogP contribution in [0.15, 0.2) is 36.4 Å². The summed E-state index contributed by atoms with van der Waals surface area (Å²) in [5.74, 6) is -1.13. The van der Waals surface area contributed by atoms with Gasteiger partial charge < -0.3 is 4.98 Å². The summed E-state index contributed by atoms with van der Waals surface area (Å²) < 4.78 is 26.5. The number of H-pyrrole nitrogens is 1. The molecule has 25 heavy (non-hydrogen) atoms. The minimum atomic E-state index is -0.881. The first kappa shape index (κ1) is 17.0. The number of aromatic nitrogens is 2. The number of hydrogen-bond donors (Lipinski definition) is 1. The molecule has 1 unspecified atom stereocenters.